The standard InChI is InChI=1S/C32H35FN4O5/c1-20(38)22-5-7-26(33)24(15-22)19-42-31-4-2-3-27(35-31)21-9-12-36(13-10-21)18-30-34-28-8-6-23(32(39)40)16-29(28)37(30)17-25-11-14-41-25/h2-8,15,21,23,25H,9-14,16-19H2,1H3,(H,39,40)/t23?,25-/m0/s1. The number of nitrogens with zero attached hydrogens (tertiary/aromatic N) is 4. The minimum Gasteiger partial charge on any atom is -0.481 e. The molecule has 2 saturated heterocycles. The number of piperidine rings is 1. The van der Waals surface area contributed by atoms with Crippen LogP contribution >= 0.6 is 0 Å². The lowest BCUT2D eigenvalue weighted by Gasteiger charge is -2.32. The highest BCUT2D eigenvalue weighted by molar-refractivity contribution is 5.94. The topological polar surface area (TPSA) is 107 Å². The van der Waals surface area contributed by atoms with Crippen molar-refractivity contribution in [2.24, 2.45) is 5.92 Å². The number of ketones is 1. The molecule has 1 unspecified atom stereocenters. The van der Waals surface area contributed by atoms with Crippen molar-refractivity contribution in [3.8, 4) is 5.88 Å². The molecule has 1 aliphatic carbocycles. The molecule has 220 valence electrons. The number of Topliss-reactive ketones (excluding diaryl/α,β-unsaturated/α-hetero) is 1. The first kappa shape index (κ1) is 28.2. The monoisotopic (exact) mass is 574 g/mol. The van der Waals surface area contributed by atoms with Crippen LogP contribution in [0.25, 0.3) is 6.08 Å². The van der Waals surface area contributed by atoms with Gasteiger partial charge >= 0.3 is 5.97 Å². The molecule has 0 saturated carbocycles. The number of ether oxygens (including phenoxy) is 2. The Morgan fingerprint density at radius 3 is 2.67 bits per heavy atom. The number of rotatable bonds is 10. The van der Waals surface area contributed by atoms with Crippen molar-refractivity contribution < 1.29 is 28.6 Å². The van der Waals surface area contributed by atoms with E-state index in [0.29, 0.717) is 36.5 Å². The number of carboxylic acid groups (broad SMARTS) is 1. The summed E-state index contributed by atoms with van der Waals surface area (Å²) in [5.74, 6) is -0.217. The Morgan fingerprint density at radius 1 is 1.14 bits per heavy atom. The Hall–Kier alpha value is -3.89. The van der Waals surface area contributed by atoms with Crippen LogP contribution in [0.2, 0.25) is 0 Å². The molecule has 0 bridgehead atoms. The smallest absolute Gasteiger partial charge is 0.310 e. The zero-order chi connectivity index (χ0) is 29.2. The first-order chi connectivity index (χ1) is 20.3. The van der Waals surface area contributed by atoms with Gasteiger partial charge < -0.3 is 19.1 Å². The van der Waals surface area contributed by atoms with E-state index in [1.165, 1.54) is 25.1 Å². The van der Waals surface area contributed by atoms with Crippen molar-refractivity contribution in [1.82, 2.24) is 19.4 Å². The maximum Gasteiger partial charge on any atom is 0.310 e. The molecule has 0 radical (unpaired) electrons. The van der Waals surface area contributed by atoms with Crippen LogP contribution < -0.4 is 4.74 Å². The van der Waals surface area contributed by atoms with E-state index in [2.05, 4.69) is 9.47 Å². The van der Waals surface area contributed by atoms with E-state index >= 15 is 0 Å². The molecule has 2 aliphatic heterocycles. The van der Waals surface area contributed by atoms with Gasteiger partial charge in [0, 0.05) is 47.5 Å². The first-order valence-corrected chi connectivity index (χ1v) is 14.6. The van der Waals surface area contributed by atoms with Crippen LogP contribution in [0.5, 0.6) is 5.88 Å². The number of hydrogen-bond donors (Lipinski definition) is 1. The van der Waals surface area contributed by atoms with Gasteiger partial charge in [-0.25, -0.2) is 14.4 Å². The van der Waals surface area contributed by atoms with Gasteiger partial charge in [-0.05, 0) is 69.6 Å². The molecule has 1 aromatic carbocycles. The number of pyridine rings is 1. The lowest BCUT2D eigenvalue weighted by molar-refractivity contribution is -0.140. The third-order valence-corrected chi connectivity index (χ3v) is 8.52. The minimum absolute atomic E-state index is 0.00717. The summed E-state index contributed by atoms with van der Waals surface area (Å²) in [5.41, 5.74) is 3.57. The van der Waals surface area contributed by atoms with Crippen molar-refractivity contribution in [3.05, 3.63) is 82.3 Å². The van der Waals surface area contributed by atoms with Gasteiger partial charge in [0.15, 0.2) is 5.78 Å². The molecule has 3 aromatic rings. The Labute approximate surface area is 244 Å². The molecule has 42 heavy (non-hydrogen) atoms. The van der Waals surface area contributed by atoms with E-state index in [9.17, 15) is 19.1 Å². The van der Waals surface area contributed by atoms with E-state index in [4.69, 9.17) is 19.4 Å². The molecule has 0 spiro atoms. The molecule has 10 heteroatoms. The van der Waals surface area contributed by atoms with Crippen LogP contribution in [0.1, 0.15) is 70.9 Å². The summed E-state index contributed by atoms with van der Waals surface area (Å²) >= 11 is 0. The van der Waals surface area contributed by atoms with Gasteiger partial charge in [-0.15, -0.1) is 0 Å². The number of benzene rings is 1. The number of halogens is 1. The predicted octanol–water partition coefficient (Wildman–Crippen LogP) is 4.64. The number of likely N-dealkylation sites (tertiary alicyclic amines) is 1. The third-order valence-electron chi connectivity index (χ3n) is 8.52. The van der Waals surface area contributed by atoms with Gasteiger partial charge in [0.2, 0.25) is 5.88 Å². The molecule has 2 atom stereocenters. The van der Waals surface area contributed by atoms with Crippen LogP contribution in [-0.4, -0.2) is 62.1 Å². The molecule has 0 amide bonds. The number of fused-ring (bicyclic) bond motifs is 1. The van der Waals surface area contributed by atoms with Gasteiger partial charge in [-0.1, -0.05) is 12.1 Å². The molecule has 6 rings (SSSR count). The van der Waals surface area contributed by atoms with Gasteiger partial charge in [0.05, 0.1) is 30.8 Å². The van der Waals surface area contributed by atoms with Crippen LogP contribution in [0.15, 0.2) is 42.5 Å². The van der Waals surface area contributed by atoms with Crippen molar-refractivity contribution >= 4 is 17.8 Å². The number of imidazole rings is 1. The average Bonchev–Trinajstić information content (AvgIpc) is 3.30. The van der Waals surface area contributed by atoms with Gasteiger partial charge in [0.25, 0.3) is 0 Å². The van der Waals surface area contributed by atoms with Gasteiger partial charge in [0.1, 0.15) is 18.2 Å². The number of aliphatic carboxylic acids is 1. The van der Waals surface area contributed by atoms with Crippen LogP contribution in [-0.2, 0) is 35.6 Å². The SMILES string of the molecule is CC(=O)c1ccc(F)c(COc2cccc(C3CCN(Cc4nc5c(n4C[C@@H]4CCO4)CC(C(=O)O)C=C5)CC3)n2)c1. The molecular formula is C32H35FN4O5. The van der Waals surface area contributed by atoms with Crippen molar-refractivity contribution in [2.45, 2.75) is 64.3 Å². The van der Waals surface area contributed by atoms with E-state index in [0.717, 1.165) is 61.9 Å². The fraction of sp³-hybridized carbons (Fsp3) is 0.438. The fourth-order valence-electron chi connectivity index (χ4n) is 5.91. The number of hydrogen-bond acceptors (Lipinski definition) is 7. The average molecular weight is 575 g/mol. The number of aromatic nitrogens is 3. The number of carboxylic acids is 1. The summed E-state index contributed by atoms with van der Waals surface area (Å²) in [6.07, 6.45) is 7.05. The maximum atomic E-state index is 14.3. The largest absolute Gasteiger partial charge is 0.481 e. The summed E-state index contributed by atoms with van der Waals surface area (Å²) < 4.78 is 28.0. The summed E-state index contributed by atoms with van der Waals surface area (Å²) in [6.45, 7) is 5.37. The van der Waals surface area contributed by atoms with Crippen LogP contribution in [0.3, 0.4) is 0 Å². The van der Waals surface area contributed by atoms with E-state index < -0.39 is 17.7 Å². The van der Waals surface area contributed by atoms with E-state index in [1.54, 1.807) is 12.1 Å². The summed E-state index contributed by atoms with van der Waals surface area (Å²) in [6, 6.07) is 9.98. The van der Waals surface area contributed by atoms with Crippen molar-refractivity contribution in [3.63, 3.8) is 0 Å². The second-order valence-electron chi connectivity index (χ2n) is 11.4. The lowest BCUT2D eigenvalue weighted by Crippen LogP contribution is -2.36. The highest BCUT2D eigenvalue weighted by Crippen LogP contribution is 2.31. The zero-order valence-corrected chi connectivity index (χ0v) is 23.7. The van der Waals surface area contributed by atoms with Crippen LogP contribution in [0.4, 0.5) is 4.39 Å². The molecule has 9 nitrogen and oxygen atoms in total. The van der Waals surface area contributed by atoms with E-state index in [1.807, 2.05) is 18.2 Å². The second kappa shape index (κ2) is 12.1. The number of carbonyl (C=O) groups excluding carboxylic acids is 1. The Bertz CT molecular complexity index is 1510. The fourth-order valence-corrected chi connectivity index (χ4v) is 5.91. The molecule has 3 aliphatic rings. The highest BCUT2D eigenvalue weighted by atomic mass is 19.1. The minimum atomic E-state index is -0.814. The number of carbonyl (C=O) groups is 2. The van der Waals surface area contributed by atoms with Crippen molar-refractivity contribution in [2.75, 3.05) is 19.7 Å². The van der Waals surface area contributed by atoms with Gasteiger partial charge in [-0.3, -0.25) is 14.5 Å². The summed E-state index contributed by atoms with van der Waals surface area (Å²) in [5, 5.41) is 9.57. The quantitative estimate of drug-likeness (QED) is 0.349. The van der Waals surface area contributed by atoms with Gasteiger partial charge in [-0.2, -0.15) is 0 Å². The maximum absolute atomic E-state index is 14.3. The zero-order valence-electron chi connectivity index (χ0n) is 23.7. The third kappa shape index (κ3) is 6.15. The van der Waals surface area contributed by atoms with Crippen LogP contribution in [0, 0.1) is 11.7 Å². The molecule has 4 heterocycles. The molecule has 2 aromatic heterocycles. The molecular weight excluding hydrogens is 539 g/mol. The Balaban J connectivity index is 1.08. The highest BCUT2D eigenvalue weighted by Gasteiger charge is 2.30. The summed E-state index contributed by atoms with van der Waals surface area (Å²) in [4.78, 5) is 35.4. The first-order valence-electron chi connectivity index (χ1n) is 14.6. The Kier molecular flexibility index (Phi) is 8.17. The predicted molar refractivity (Wildman–Crippen MR) is 153 cm³/mol. The summed E-state index contributed by atoms with van der Waals surface area (Å²) in [7, 11) is 0. The second-order valence-corrected chi connectivity index (χ2v) is 11.4. The Morgan fingerprint density at radius 2 is 1.95 bits per heavy atom. The van der Waals surface area contributed by atoms with Crippen molar-refractivity contribution in [1.29, 1.82) is 0 Å². The molecule has 2 fully saturated rings. The lowest BCUT2D eigenvalue weighted by atomic mass is 9.93. The normalized spacial score (nSPS) is 20.6. The van der Waals surface area contributed by atoms with E-state index in [-0.39, 0.29) is 24.4 Å². The molecule has 1 N–H and O–H groups in total.